The van der Waals surface area contributed by atoms with Crippen molar-refractivity contribution in [3.05, 3.63) is 35.7 Å². The molecule has 1 saturated carbocycles. The summed E-state index contributed by atoms with van der Waals surface area (Å²) >= 11 is 0. The summed E-state index contributed by atoms with van der Waals surface area (Å²) in [5, 5.41) is 6.70. The summed E-state index contributed by atoms with van der Waals surface area (Å²) < 4.78 is 2.22. The quantitative estimate of drug-likeness (QED) is 0.441. The van der Waals surface area contributed by atoms with Crippen LogP contribution in [0.15, 0.2) is 24.5 Å². The molecular weight excluding hydrogens is 376 g/mol. The Hall–Kier alpha value is -2.87. The third-order valence-corrected chi connectivity index (χ3v) is 5.72. The largest absolute Gasteiger partial charge is 0.398 e. The summed E-state index contributed by atoms with van der Waals surface area (Å²) in [4.78, 5) is 14.2. The predicted octanol–water partition coefficient (Wildman–Crippen LogP) is 3.59. The highest BCUT2D eigenvalue weighted by molar-refractivity contribution is 5.84. The summed E-state index contributed by atoms with van der Waals surface area (Å²) in [5.41, 5.74) is 16.7. The van der Waals surface area contributed by atoms with Crippen molar-refractivity contribution in [2.24, 2.45) is 5.73 Å². The van der Waals surface area contributed by atoms with Crippen LogP contribution in [0.4, 0.5) is 17.5 Å². The maximum atomic E-state index is 6.16. The normalized spacial score (nSPS) is 16.0. The Kier molecular flexibility index (Phi) is 6.03. The van der Waals surface area contributed by atoms with Crippen LogP contribution in [0, 0.1) is 6.92 Å². The van der Waals surface area contributed by atoms with Gasteiger partial charge in [-0.15, -0.1) is 0 Å². The zero-order chi connectivity index (χ0) is 21.1. The number of nitrogens with zero attached hydrogens (tertiary/aromatic N) is 4. The molecule has 0 saturated heterocycles. The minimum absolute atomic E-state index is 0.0102. The first-order valence-electron chi connectivity index (χ1n) is 10.8. The van der Waals surface area contributed by atoms with E-state index in [0.29, 0.717) is 30.9 Å². The van der Waals surface area contributed by atoms with Crippen molar-refractivity contribution in [2.75, 3.05) is 22.9 Å². The smallest absolute Gasteiger partial charge is 0.226 e. The molecule has 8 nitrogen and oxygen atoms in total. The first kappa shape index (κ1) is 20.4. The number of aryl methyl sites for hydroxylation is 1. The summed E-state index contributed by atoms with van der Waals surface area (Å²) in [6.07, 6.45) is 8.06. The van der Waals surface area contributed by atoms with Gasteiger partial charge in [0.15, 0.2) is 17.0 Å². The Bertz CT molecular complexity index is 1000. The molecule has 3 aromatic rings. The van der Waals surface area contributed by atoms with Gasteiger partial charge in [0.2, 0.25) is 5.95 Å². The van der Waals surface area contributed by atoms with E-state index in [4.69, 9.17) is 21.4 Å². The molecule has 1 fully saturated rings. The molecule has 1 aromatic carbocycles. The predicted molar refractivity (Wildman–Crippen MR) is 123 cm³/mol. The SMILES string of the molecule is Cc1ccc(N)c(CNc2nc(NCC(C)N)nc3c2ncn3C2CCCCC2)c1. The van der Waals surface area contributed by atoms with Crippen molar-refractivity contribution < 1.29 is 0 Å². The fourth-order valence-corrected chi connectivity index (χ4v) is 4.06. The van der Waals surface area contributed by atoms with Gasteiger partial charge < -0.3 is 26.7 Å². The first-order chi connectivity index (χ1) is 14.5. The Morgan fingerprint density at radius 2 is 1.97 bits per heavy atom. The number of nitrogen functional groups attached to an aromatic ring is 1. The molecule has 1 atom stereocenters. The summed E-state index contributed by atoms with van der Waals surface area (Å²) in [6, 6.07) is 6.51. The van der Waals surface area contributed by atoms with Gasteiger partial charge in [0.05, 0.1) is 6.33 Å². The second-order valence-corrected chi connectivity index (χ2v) is 8.43. The van der Waals surface area contributed by atoms with Crippen LogP contribution in [-0.2, 0) is 6.54 Å². The molecule has 1 unspecified atom stereocenters. The molecule has 1 aliphatic rings. The number of imidazole rings is 1. The van der Waals surface area contributed by atoms with Gasteiger partial charge in [-0.3, -0.25) is 0 Å². The van der Waals surface area contributed by atoms with Gasteiger partial charge in [0, 0.05) is 30.9 Å². The van der Waals surface area contributed by atoms with E-state index >= 15 is 0 Å². The molecule has 2 aromatic heterocycles. The molecule has 160 valence electrons. The van der Waals surface area contributed by atoms with Crippen LogP contribution in [0.3, 0.4) is 0 Å². The van der Waals surface area contributed by atoms with Crippen LogP contribution in [0.2, 0.25) is 0 Å². The van der Waals surface area contributed by atoms with Gasteiger partial charge in [-0.25, -0.2) is 4.98 Å². The Balaban J connectivity index is 1.67. The lowest BCUT2D eigenvalue weighted by Crippen LogP contribution is -2.26. The molecule has 0 bridgehead atoms. The van der Waals surface area contributed by atoms with Crippen LogP contribution < -0.4 is 22.1 Å². The van der Waals surface area contributed by atoms with Crippen molar-refractivity contribution in [1.29, 1.82) is 0 Å². The minimum atomic E-state index is 0.0102. The molecule has 0 radical (unpaired) electrons. The topological polar surface area (TPSA) is 120 Å². The molecule has 30 heavy (non-hydrogen) atoms. The van der Waals surface area contributed by atoms with Gasteiger partial charge in [0.1, 0.15) is 0 Å². The van der Waals surface area contributed by atoms with E-state index < -0.39 is 0 Å². The lowest BCUT2D eigenvalue weighted by molar-refractivity contribution is 0.358. The molecule has 6 N–H and O–H groups in total. The number of aromatic nitrogens is 4. The molecule has 0 aliphatic heterocycles. The number of benzene rings is 1. The molecule has 4 rings (SSSR count). The average molecular weight is 409 g/mol. The first-order valence-corrected chi connectivity index (χ1v) is 10.8. The highest BCUT2D eigenvalue weighted by atomic mass is 15.2. The molecular formula is C22H32N8. The monoisotopic (exact) mass is 408 g/mol. The van der Waals surface area contributed by atoms with Crippen LogP contribution >= 0.6 is 0 Å². The summed E-state index contributed by atoms with van der Waals surface area (Å²) in [6.45, 7) is 5.20. The van der Waals surface area contributed by atoms with E-state index in [1.807, 2.05) is 25.4 Å². The lowest BCUT2D eigenvalue weighted by atomic mass is 9.95. The van der Waals surface area contributed by atoms with Crippen LogP contribution in [0.5, 0.6) is 0 Å². The lowest BCUT2D eigenvalue weighted by Gasteiger charge is -2.23. The van der Waals surface area contributed by atoms with Crippen molar-refractivity contribution in [3.8, 4) is 0 Å². The Morgan fingerprint density at radius 3 is 2.73 bits per heavy atom. The third-order valence-electron chi connectivity index (χ3n) is 5.72. The highest BCUT2D eigenvalue weighted by Crippen LogP contribution is 2.32. The van der Waals surface area contributed by atoms with E-state index in [1.54, 1.807) is 0 Å². The number of hydrogen-bond donors (Lipinski definition) is 4. The maximum absolute atomic E-state index is 6.16. The van der Waals surface area contributed by atoms with Crippen LogP contribution in [-0.4, -0.2) is 32.1 Å². The summed E-state index contributed by atoms with van der Waals surface area (Å²) in [7, 11) is 0. The second kappa shape index (κ2) is 8.87. The highest BCUT2D eigenvalue weighted by Gasteiger charge is 2.21. The number of nitrogens with two attached hydrogens (primary N) is 2. The minimum Gasteiger partial charge on any atom is -0.398 e. The zero-order valence-corrected chi connectivity index (χ0v) is 17.9. The van der Waals surface area contributed by atoms with Crippen molar-refractivity contribution in [3.63, 3.8) is 0 Å². The number of anilines is 3. The van der Waals surface area contributed by atoms with Gasteiger partial charge in [-0.1, -0.05) is 37.0 Å². The second-order valence-electron chi connectivity index (χ2n) is 8.43. The average Bonchev–Trinajstić information content (AvgIpc) is 3.17. The van der Waals surface area contributed by atoms with E-state index in [2.05, 4.69) is 33.2 Å². The van der Waals surface area contributed by atoms with Crippen molar-refractivity contribution >= 4 is 28.6 Å². The van der Waals surface area contributed by atoms with E-state index in [0.717, 1.165) is 22.4 Å². The fourth-order valence-electron chi connectivity index (χ4n) is 4.06. The van der Waals surface area contributed by atoms with E-state index in [1.165, 1.54) is 37.7 Å². The number of rotatable bonds is 7. The van der Waals surface area contributed by atoms with Crippen molar-refractivity contribution in [1.82, 2.24) is 19.5 Å². The molecule has 8 heteroatoms. The van der Waals surface area contributed by atoms with Crippen molar-refractivity contribution in [2.45, 2.75) is 64.6 Å². The number of hydrogen-bond acceptors (Lipinski definition) is 7. The Labute approximate surface area is 177 Å². The zero-order valence-electron chi connectivity index (χ0n) is 17.9. The van der Waals surface area contributed by atoms with Crippen LogP contribution in [0.1, 0.15) is 56.2 Å². The summed E-state index contributed by atoms with van der Waals surface area (Å²) in [5.74, 6) is 1.28. The Morgan fingerprint density at radius 1 is 1.17 bits per heavy atom. The third kappa shape index (κ3) is 4.48. The van der Waals surface area contributed by atoms with E-state index in [-0.39, 0.29) is 6.04 Å². The van der Waals surface area contributed by atoms with Gasteiger partial charge in [0.25, 0.3) is 0 Å². The maximum Gasteiger partial charge on any atom is 0.226 e. The van der Waals surface area contributed by atoms with E-state index in [9.17, 15) is 0 Å². The number of nitrogens with one attached hydrogen (secondary N) is 2. The van der Waals surface area contributed by atoms with Gasteiger partial charge >= 0.3 is 0 Å². The number of fused-ring (bicyclic) bond motifs is 1. The van der Waals surface area contributed by atoms with Gasteiger partial charge in [-0.2, -0.15) is 9.97 Å². The molecule has 0 spiro atoms. The fraction of sp³-hybridized carbons (Fsp3) is 0.500. The molecule has 1 aliphatic carbocycles. The molecule has 0 amide bonds. The standard InChI is InChI=1S/C22H32N8/c1-14-8-9-18(24)16(10-14)12-25-20-19-21(29-22(28-20)26-11-15(2)23)30(13-27-19)17-6-4-3-5-7-17/h8-10,13,15,17H,3-7,11-12,23-24H2,1-2H3,(H2,25,26,28,29). The van der Waals surface area contributed by atoms with Gasteiger partial charge in [-0.05, 0) is 38.3 Å². The molecule has 2 heterocycles. The van der Waals surface area contributed by atoms with Crippen LogP contribution in [0.25, 0.3) is 11.2 Å².